The third kappa shape index (κ3) is 4.34. The SMILES string of the molecule is CCNc1cc(NCCN2CCCC2)nc(C(C)C)n1. The van der Waals surface area contributed by atoms with Crippen molar-refractivity contribution in [3.05, 3.63) is 11.9 Å². The van der Waals surface area contributed by atoms with Crippen molar-refractivity contribution in [3.63, 3.8) is 0 Å². The number of aromatic nitrogens is 2. The fraction of sp³-hybridized carbons (Fsp3) is 0.733. The largest absolute Gasteiger partial charge is 0.370 e. The van der Waals surface area contributed by atoms with Crippen molar-refractivity contribution in [1.82, 2.24) is 14.9 Å². The zero-order valence-electron chi connectivity index (χ0n) is 12.9. The van der Waals surface area contributed by atoms with Crippen LogP contribution in [-0.4, -0.2) is 47.6 Å². The second-order valence-corrected chi connectivity index (χ2v) is 5.66. The van der Waals surface area contributed by atoms with Crippen LogP contribution in [-0.2, 0) is 0 Å². The molecular weight excluding hydrogens is 250 g/mol. The second-order valence-electron chi connectivity index (χ2n) is 5.66. The molecule has 2 heterocycles. The molecular formula is C15H27N5. The normalized spacial score (nSPS) is 15.8. The average molecular weight is 277 g/mol. The predicted molar refractivity (Wildman–Crippen MR) is 84.4 cm³/mol. The van der Waals surface area contributed by atoms with E-state index in [9.17, 15) is 0 Å². The van der Waals surface area contributed by atoms with Gasteiger partial charge in [-0.1, -0.05) is 13.8 Å². The summed E-state index contributed by atoms with van der Waals surface area (Å²) in [5.74, 6) is 3.08. The van der Waals surface area contributed by atoms with E-state index in [0.717, 1.165) is 37.1 Å². The zero-order chi connectivity index (χ0) is 14.4. The number of nitrogens with zero attached hydrogens (tertiary/aromatic N) is 3. The molecule has 1 aromatic rings. The summed E-state index contributed by atoms with van der Waals surface area (Å²) in [6.45, 7) is 11.7. The van der Waals surface area contributed by atoms with Crippen LogP contribution in [0.1, 0.15) is 45.4 Å². The standard InChI is InChI=1S/C15H27N5/c1-4-16-13-11-14(19-15(18-13)12(2)3)17-7-10-20-8-5-6-9-20/h11-12H,4-10H2,1-3H3,(H2,16,17,18,19). The maximum absolute atomic E-state index is 4.60. The van der Waals surface area contributed by atoms with Crippen LogP contribution in [0.4, 0.5) is 11.6 Å². The first-order chi connectivity index (χ1) is 9.69. The van der Waals surface area contributed by atoms with Gasteiger partial charge in [0.25, 0.3) is 0 Å². The van der Waals surface area contributed by atoms with Crippen LogP contribution in [0.3, 0.4) is 0 Å². The highest BCUT2D eigenvalue weighted by atomic mass is 15.2. The maximum Gasteiger partial charge on any atom is 0.135 e. The molecule has 1 saturated heterocycles. The minimum Gasteiger partial charge on any atom is -0.370 e. The number of nitrogens with one attached hydrogen (secondary N) is 2. The molecule has 0 bridgehead atoms. The summed E-state index contributed by atoms with van der Waals surface area (Å²) >= 11 is 0. The Hall–Kier alpha value is -1.36. The van der Waals surface area contributed by atoms with E-state index in [1.165, 1.54) is 25.9 Å². The molecule has 0 saturated carbocycles. The van der Waals surface area contributed by atoms with Gasteiger partial charge in [-0.25, -0.2) is 9.97 Å². The Morgan fingerprint density at radius 2 is 1.80 bits per heavy atom. The highest BCUT2D eigenvalue weighted by Crippen LogP contribution is 2.17. The third-order valence-electron chi connectivity index (χ3n) is 3.55. The highest BCUT2D eigenvalue weighted by molar-refractivity contribution is 5.47. The lowest BCUT2D eigenvalue weighted by atomic mass is 10.2. The predicted octanol–water partition coefficient (Wildman–Crippen LogP) is 2.54. The number of hydrogen-bond donors (Lipinski definition) is 2. The van der Waals surface area contributed by atoms with Crippen LogP contribution in [0.2, 0.25) is 0 Å². The van der Waals surface area contributed by atoms with Gasteiger partial charge in [0.1, 0.15) is 17.5 Å². The van der Waals surface area contributed by atoms with Gasteiger partial charge in [0.05, 0.1) is 0 Å². The van der Waals surface area contributed by atoms with Crippen molar-refractivity contribution in [2.45, 2.75) is 39.5 Å². The minimum absolute atomic E-state index is 0.340. The van der Waals surface area contributed by atoms with Crippen LogP contribution >= 0.6 is 0 Å². The van der Waals surface area contributed by atoms with Gasteiger partial charge >= 0.3 is 0 Å². The molecule has 1 fully saturated rings. The topological polar surface area (TPSA) is 53.1 Å². The summed E-state index contributed by atoms with van der Waals surface area (Å²) in [6.07, 6.45) is 2.69. The molecule has 0 atom stereocenters. The van der Waals surface area contributed by atoms with Gasteiger partial charge in [0.2, 0.25) is 0 Å². The van der Waals surface area contributed by atoms with Crippen molar-refractivity contribution in [1.29, 1.82) is 0 Å². The van der Waals surface area contributed by atoms with Crippen LogP contribution in [0, 0.1) is 0 Å². The summed E-state index contributed by atoms with van der Waals surface area (Å²) in [7, 11) is 0. The van der Waals surface area contributed by atoms with Crippen molar-refractivity contribution < 1.29 is 0 Å². The van der Waals surface area contributed by atoms with E-state index in [1.807, 2.05) is 6.07 Å². The molecule has 0 amide bonds. The van der Waals surface area contributed by atoms with Gasteiger partial charge < -0.3 is 15.5 Å². The summed E-state index contributed by atoms with van der Waals surface area (Å²) in [5, 5.41) is 6.71. The van der Waals surface area contributed by atoms with Crippen molar-refractivity contribution >= 4 is 11.6 Å². The van der Waals surface area contributed by atoms with Crippen LogP contribution < -0.4 is 10.6 Å². The summed E-state index contributed by atoms with van der Waals surface area (Å²) in [4.78, 5) is 11.6. The lowest BCUT2D eigenvalue weighted by Gasteiger charge is -2.16. The van der Waals surface area contributed by atoms with E-state index < -0.39 is 0 Å². The van der Waals surface area contributed by atoms with Gasteiger partial charge in [0.15, 0.2) is 0 Å². The fourth-order valence-corrected chi connectivity index (χ4v) is 2.43. The van der Waals surface area contributed by atoms with Crippen molar-refractivity contribution in [3.8, 4) is 0 Å². The van der Waals surface area contributed by atoms with E-state index in [2.05, 4.69) is 46.3 Å². The average Bonchev–Trinajstić information content (AvgIpc) is 2.92. The Kier molecular flexibility index (Phi) is 5.59. The Labute approximate surface area is 122 Å². The van der Waals surface area contributed by atoms with E-state index in [1.54, 1.807) is 0 Å². The van der Waals surface area contributed by atoms with Gasteiger partial charge in [-0.15, -0.1) is 0 Å². The monoisotopic (exact) mass is 277 g/mol. The molecule has 2 N–H and O–H groups in total. The minimum atomic E-state index is 0.340. The van der Waals surface area contributed by atoms with Gasteiger partial charge in [-0.2, -0.15) is 0 Å². The van der Waals surface area contributed by atoms with Gasteiger partial charge in [-0.05, 0) is 32.9 Å². The first-order valence-corrected chi connectivity index (χ1v) is 7.78. The molecule has 5 heteroatoms. The molecule has 1 aliphatic heterocycles. The molecule has 1 aliphatic rings. The van der Waals surface area contributed by atoms with E-state index in [-0.39, 0.29) is 0 Å². The van der Waals surface area contributed by atoms with E-state index >= 15 is 0 Å². The summed E-state index contributed by atoms with van der Waals surface area (Å²) in [6, 6.07) is 2.00. The molecule has 20 heavy (non-hydrogen) atoms. The Morgan fingerprint density at radius 3 is 2.40 bits per heavy atom. The van der Waals surface area contributed by atoms with E-state index in [4.69, 9.17) is 0 Å². The smallest absolute Gasteiger partial charge is 0.135 e. The van der Waals surface area contributed by atoms with Crippen molar-refractivity contribution in [2.24, 2.45) is 0 Å². The quantitative estimate of drug-likeness (QED) is 0.802. The summed E-state index contributed by atoms with van der Waals surface area (Å²) < 4.78 is 0. The zero-order valence-corrected chi connectivity index (χ0v) is 12.9. The van der Waals surface area contributed by atoms with Gasteiger partial charge in [-0.3, -0.25) is 0 Å². The molecule has 0 aromatic carbocycles. The number of rotatable bonds is 7. The first-order valence-electron chi connectivity index (χ1n) is 7.78. The Bertz CT molecular complexity index is 413. The Balaban J connectivity index is 1.94. The molecule has 112 valence electrons. The maximum atomic E-state index is 4.60. The van der Waals surface area contributed by atoms with E-state index in [0.29, 0.717) is 5.92 Å². The lowest BCUT2D eigenvalue weighted by molar-refractivity contribution is 0.352. The molecule has 5 nitrogen and oxygen atoms in total. The molecule has 1 aromatic heterocycles. The molecule has 0 unspecified atom stereocenters. The van der Waals surface area contributed by atoms with Crippen molar-refractivity contribution in [2.75, 3.05) is 43.4 Å². The number of anilines is 2. The van der Waals surface area contributed by atoms with Crippen LogP contribution in [0.5, 0.6) is 0 Å². The van der Waals surface area contributed by atoms with Gasteiger partial charge in [0, 0.05) is 31.6 Å². The lowest BCUT2D eigenvalue weighted by Crippen LogP contribution is -2.26. The molecule has 2 rings (SSSR count). The highest BCUT2D eigenvalue weighted by Gasteiger charge is 2.11. The third-order valence-corrected chi connectivity index (χ3v) is 3.55. The second kappa shape index (κ2) is 7.43. The molecule has 0 radical (unpaired) electrons. The van der Waals surface area contributed by atoms with Crippen LogP contribution in [0.15, 0.2) is 6.07 Å². The fourth-order valence-electron chi connectivity index (χ4n) is 2.43. The van der Waals surface area contributed by atoms with Crippen LogP contribution in [0.25, 0.3) is 0 Å². The first kappa shape index (κ1) is 15.0. The number of hydrogen-bond acceptors (Lipinski definition) is 5. The molecule has 0 spiro atoms. The molecule has 0 aliphatic carbocycles. The summed E-state index contributed by atoms with van der Waals surface area (Å²) in [5.41, 5.74) is 0. The number of likely N-dealkylation sites (tertiary alicyclic amines) is 1. The Morgan fingerprint density at radius 1 is 1.15 bits per heavy atom.